The van der Waals surface area contributed by atoms with E-state index in [1.54, 1.807) is 22.6 Å². The van der Waals surface area contributed by atoms with Gasteiger partial charge in [0, 0.05) is 20.4 Å². The summed E-state index contributed by atoms with van der Waals surface area (Å²) in [5, 5.41) is 5.13. The molecule has 0 bridgehead atoms. The number of carbonyl (C=O) groups excluding carboxylic acids is 1. The van der Waals surface area contributed by atoms with Crippen LogP contribution in [0.3, 0.4) is 0 Å². The number of hydrogen-bond acceptors (Lipinski definition) is 4. The van der Waals surface area contributed by atoms with E-state index >= 15 is 0 Å². The minimum absolute atomic E-state index is 0.0520. The van der Waals surface area contributed by atoms with Crippen LogP contribution in [0, 0.1) is 0 Å². The zero-order valence-electron chi connectivity index (χ0n) is 17.1. The van der Waals surface area contributed by atoms with Crippen LogP contribution in [0.4, 0.5) is 10.5 Å². The predicted octanol–water partition coefficient (Wildman–Crippen LogP) is 6.13. The molecule has 1 aliphatic heterocycles. The number of nitrogens with zero attached hydrogens (tertiary/aromatic N) is 3. The Balaban J connectivity index is 1.45. The van der Waals surface area contributed by atoms with Crippen molar-refractivity contribution in [3.05, 3.63) is 80.7 Å². The van der Waals surface area contributed by atoms with Crippen LogP contribution in [0.5, 0.6) is 0 Å². The molecule has 2 aliphatic rings. The standard InChI is InChI=1S/C24H20BrN5OS/c25-15-10-21(32-12-15)22-23(28-18-7-3-5-14-4-1-2-6-17(14)18)29-24(31)30(22)16-8-9-19-20(11-16)27-13-26-19/h1-2,4,6,8-13,18,22H,3,5,7H2,(H,26,27)(H,28,29,31). The maximum absolute atomic E-state index is 13.2. The van der Waals surface area contributed by atoms with E-state index < -0.39 is 0 Å². The molecule has 1 fully saturated rings. The molecule has 1 saturated heterocycles. The molecule has 0 saturated carbocycles. The van der Waals surface area contributed by atoms with Crippen molar-refractivity contribution in [1.82, 2.24) is 15.3 Å². The predicted molar refractivity (Wildman–Crippen MR) is 131 cm³/mol. The number of thiophene rings is 1. The average molecular weight is 506 g/mol. The molecule has 160 valence electrons. The number of halogens is 1. The van der Waals surface area contributed by atoms with Crippen molar-refractivity contribution in [2.45, 2.75) is 31.3 Å². The first kappa shape index (κ1) is 19.7. The Hall–Kier alpha value is -2.97. The number of imidazole rings is 1. The van der Waals surface area contributed by atoms with E-state index in [1.807, 2.05) is 23.6 Å². The minimum atomic E-state index is -0.298. The van der Waals surface area contributed by atoms with Crippen molar-refractivity contribution in [1.29, 1.82) is 0 Å². The molecule has 2 N–H and O–H groups in total. The zero-order valence-corrected chi connectivity index (χ0v) is 19.5. The lowest BCUT2D eigenvalue weighted by Gasteiger charge is -2.25. The van der Waals surface area contributed by atoms with E-state index in [0.29, 0.717) is 5.84 Å². The minimum Gasteiger partial charge on any atom is -0.345 e. The molecule has 0 radical (unpaired) electrons. The third-order valence-electron chi connectivity index (χ3n) is 6.14. The highest BCUT2D eigenvalue weighted by Crippen LogP contribution is 2.39. The lowest BCUT2D eigenvalue weighted by atomic mass is 9.88. The Morgan fingerprint density at radius 2 is 2.09 bits per heavy atom. The highest BCUT2D eigenvalue weighted by Gasteiger charge is 2.40. The first-order chi connectivity index (χ1) is 15.7. The number of rotatable bonds is 3. The van der Waals surface area contributed by atoms with Crippen LogP contribution in [0.1, 0.15) is 40.9 Å². The van der Waals surface area contributed by atoms with Crippen molar-refractivity contribution in [3.8, 4) is 0 Å². The molecule has 2 atom stereocenters. The van der Waals surface area contributed by atoms with Gasteiger partial charge >= 0.3 is 6.03 Å². The second kappa shape index (κ2) is 7.86. The Bertz CT molecular complexity index is 1360. The number of amidine groups is 1. The number of aliphatic imine (C=N–C) groups is 1. The van der Waals surface area contributed by atoms with Crippen LogP contribution < -0.4 is 10.2 Å². The van der Waals surface area contributed by atoms with Gasteiger partial charge in [-0.25, -0.2) is 9.78 Å². The summed E-state index contributed by atoms with van der Waals surface area (Å²) in [5.74, 6) is 0.704. The maximum atomic E-state index is 13.2. The quantitative estimate of drug-likeness (QED) is 0.351. The van der Waals surface area contributed by atoms with Crippen molar-refractivity contribution in [2.75, 3.05) is 4.90 Å². The Kier molecular flexibility index (Phi) is 4.84. The molecular formula is C24H20BrN5OS. The molecule has 1 aliphatic carbocycles. The number of anilines is 1. The molecule has 8 heteroatoms. The summed E-state index contributed by atoms with van der Waals surface area (Å²) >= 11 is 5.19. The van der Waals surface area contributed by atoms with E-state index in [9.17, 15) is 4.79 Å². The highest BCUT2D eigenvalue weighted by molar-refractivity contribution is 9.10. The number of urea groups is 1. The number of carbonyl (C=O) groups is 1. The molecule has 2 unspecified atom stereocenters. The van der Waals surface area contributed by atoms with Crippen LogP contribution >= 0.6 is 27.3 Å². The molecule has 32 heavy (non-hydrogen) atoms. The molecule has 3 heterocycles. The highest BCUT2D eigenvalue weighted by atomic mass is 79.9. The third kappa shape index (κ3) is 3.34. The number of benzene rings is 2. The Morgan fingerprint density at radius 3 is 2.97 bits per heavy atom. The monoisotopic (exact) mass is 505 g/mol. The van der Waals surface area contributed by atoms with Gasteiger partial charge in [-0.05, 0) is 70.6 Å². The van der Waals surface area contributed by atoms with Gasteiger partial charge in [-0.3, -0.25) is 15.2 Å². The summed E-state index contributed by atoms with van der Waals surface area (Å²) in [7, 11) is 0. The van der Waals surface area contributed by atoms with E-state index in [4.69, 9.17) is 4.99 Å². The third-order valence-corrected chi connectivity index (χ3v) is 7.89. The van der Waals surface area contributed by atoms with E-state index in [1.165, 1.54) is 11.1 Å². The van der Waals surface area contributed by atoms with Crippen LogP contribution in [0.2, 0.25) is 0 Å². The number of fused-ring (bicyclic) bond motifs is 2. The molecule has 6 rings (SSSR count). The second-order valence-electron chi connectivity index (χ2n) is 8.10. The van der Waals surface area contributed by atoms with Gasteiger partial charge in [0.25, 0.3) is 0 Å². The number of aromatic amines is 1. The molecule has 4 aromatic rings. The van der Waals surface area contributed by atoms with Gasteiger partial charge in [0.1, 0.15) is 11.9 Å². The smallest absolute Gasteiger partial charge is 0.328 e. The van der Waals surface area contributed by atoms with Crippen molar-refractivity contribution < 1.29 is 4.79 Å². The molecule has 6 nitrogen and oxygen atoms in total. The van der Waals surface area contributed by atoms with Crippen LogP contribution in [-0.2, 0) is 6.42 Å². The summed E-state index contributed by atoms with van der Waals surface area (Å²) < 4.78 is 1.00. The van der Waals surface area contributed by atoms with Crippen LogP contribution in [0.15, 0.2) is 69.7 Å². The lowest BCUT2D eigenvalue weighted by molar-refractivity contribution is 0.252. The summed E-state index contributed by atoms with van der Waals surface area (Å²) in [5.41, 5.74) is 5.20. The number of aryl methyl sites for hydroxylation is 1. The zero-order chi connectivity index (χ0) is 21.7. The lowest BCUT2D eigenvalue weighted by Crippen LogP contribution is -2.29. The fraction of sp³-hybridized carbons (Fsp3) is 0.208. The van der Waals surface area contributed by atoms with Gasteiger partial charge in [-0.2, -0.15) is 0 Å². The van der Waals surface area contributed by atoms with Crippen molar-refractivity contribution in [2.24, 2.45) is 4.99 Å². The Labute approximate surface area is 197 Å². The van der Waals surface area contributed by atoms with Crippen LogP contribution in [-0.4, -0.2) is 21.8 Å². The van der Waals surface area contributed by atoms with E-state index in [-0.39, 0.29) is 18.1 Å². The fourth-order valence-electron chi connectivity index (χ4n) is 4.68. The molecule has 0 spiro atoms. The maximum Gasteiger partial charge on any atom is 0.328 e. The molecule has 2 aromatic carbocycles. The van der Waals surface area contributed by atoms with Gasteiger partial charge in [0.05, 0.1) is 23.4 Å². The van der Waals surface area contributed by atoms with Crippen molar-refractivity contribution in [3.63, 3.8) is 0 Å². The van der Waals surface area contributed by atoms with Crippen LogP contribution in [0.25, 0.3) is 11.0 Å². The van der Waals surface area contributed by atoms with Gasteiger partial charge in [0.2, 0.25) is 0 Å². The summed E-state index contributed by atoms with van der Waals surface area (Å²) in [4.78, 5) is 28.7. The van der Waals surface area contributed by atoms with Crippen molar-refractivity contribution >= 4 is 55.9 Å². The first-order valence-electron chi connectivity index (χ1n) is 10.6. The first-order valence-corrected chi connectivity index (χ1v) is 12.3. The fourth-order valence-corrected chi connectivity index (χ4v) is 6.22. The summed E-state index contributed by atoms with van der Waals surface area (Å²) in [6, 6.07) is 16.0. The number of nitrogens with one attached hydrogen (secondary N) is 2. The number of H-pyrrole nitrogens is 1. The topological polar surface area (TPSA) is 73.4 Å². The Morgan fingerprint density at radius 1 is 1.19 bits per heavy atom. The second-order valence-corrected chi connectivity index (χ2v) is 9.95. The number of aromatic nitrogens is 2. The van der Waals surface area contributed by atoms with Gasteiger partial charge in [-0.15, -0.1) is 11.3 Å². The number of amides is 2. The average Bonchev–Trinajstić information content (AvgIpc) is 3.52. The van der Waals surface area contributed by atoms with Gasteiger partial charge in [-0.1, -0.05) is 24.3 Å². The SMILES string of the molecule is O=C1NC(=NC2CCCc3ccccc32)C(c2cc(Br)cs2)N1c1ccc2nc[nH]c2c1. The summed E-state index contributed by atoms with van der Waals surface area (Å²) in [6.07, 6.45) is 4.83. The molecular weight excluding hydrogens is 486 g/mol. The molecule has 2 amide bonds. The van der Waals surface area contributed by atoms with Gasteiger partial charge in [0.15, 0.2) is 0 Å². The largest absolute Gasteiger partial charge is 0.345 e. The molecule has 2 aromatic heterocycles. The van der Waals surface area contributed by atoms with Gasteiger partial charge < -0.3 is 4.98 Å². The summed E-state index contributed by atoms with van der Waals surface area (Å²) in [6.45, 7) is 0. The normalized spacial score (nSPS) is 21.8. The van der Waals surface area contributed by atoms with E-state index in [2.05, 4.69) is 61.5 Å². The number of hydrogen-bond donors (Lipinski definition) is 2. The van der Waals surface area contributed by atoms with E-state index in [0.717, 1.165) is 45.3 Å².